The first-order chi connectivity index (χ1) is 8.60. The molecular formula is C12H10BrNO4. The van der Waals surface area contributed by atoms with Gasteiger partial charge in [-0.2, -0.15) is 0 Å². The van der Waals surface area contributed by atoms with Gasteiger partial charge in [0.1, 0.15) is 5.57 Å². The Morgan fingerprint density at radius 1 is 1.39 bits per heavy atom. The van der Waals surface area contributed by atoms with E-state index in [0.29, 0.717) is 5.69 Å². The molecule has 0 amide bonds. The van der Waals surface area contributed by atoms with Gasteiger partial charge in [-0.15, -0.1) is 0 Å². The summed E-state index contributed by atoms with van der Waals surface area (Å²) in [6, 6.07) is 7.24. The van der Waals surface area contributed by atoms with Gasteiger partial charge in [0.15, 0.2) is 0 Å². The number of carbonyl (C=O) groups is 2. The van der Waals surface area contributed by atoms with Gasteiger partial charge in [-0.1, -0.05) is 15.9 Å². The van der Waals surface area contributed by atoms with Crippen LogP contribution in [0.4, 0.5) is 5.69 Å². The fourth-order valence-corrected chi connectivity index (χ4v) is 1.75. The van der Waals surface area contributed by atoms with Gasteiger partial charge in [0.2, 0.25) is 5.88 Å². The van der Waals surface area contributed by atoms with Crippen molar-refractivity contribution in [1.29, 1.82) is 0 Å². The molecule has 0 aromatic heterocycles. The predicted molar refractivity (Wildman–Crippen MR) is 67.5 cm³/mol. The number of rotatable bonds is 3. The summed E-state index contributed by atoms with van der Waals surface area (Å²) in [7, 11) is 1.26. The minimum Gasteiger partial charge on any atom is -0.465 e. The zero-order chi connectivity index (χ0) is 13.1. The van der Waals surface area contributed by atoms with Crippen LogP contribution in [0.15, 0.2) is 40.2 Å². The van der Waals surface area contributed by atoms with Crippen molar-refractivity contribution in [2.75, 3.05) is 12.4 Å². The molecule has 18 heavy (non-hydrogen) atoms. The molecule has 0 atom stereocenters. The van der Waals surface area contributed by atoms with Crippen LogP contribution in [0, 0.1) is 0 Å². The van der Waals surface area contributed by atoms with Crippen molar-refractivity contribution < 1.29 is 19.1 Å². The lowest BCUT2D eigenvalue weighted by Crippen LogP contribution is -2.09. The van der Waals surface area contributed by atoms with Crippen LogP contribution in [0.25, 0.3) is 0 Å². The Morgan fingerprint density at radius 3 is 2.67 bits per heavy atom. The molecule has 0 fully saturated rings. The highest BCUT2D eigenvalue weighted by Gasteiger charge is 2.29. The van der Waals surface area contributed by atoms with Crippen LogP contribution in [0.1, 0.15) is 6.42 Å². The molecule has 1 aliphatic rings. The number of ether oxygens (including phenoxy) is 2. The summed E-state index contributed by atoms with van der Waals surface area (Å²) in [6.07, 6.45) is -0.0778. The first-order valence-electron chi connectivity index (χ1n) is 5.15. The third kappa shape index (κ3) is 2.70. The molecule has 1 aromatic carbocycles. The minimum absolute atomic E-state index is 0.0778. The van der Waals surface area contributed by atoms with Crippen LogP contribution >= 0.6 is 15.9 Å². The summed E-state index contributed by atoms with van der Waals surface area (Å²) in [6.45, 7) is 0. The lowest BCUT2D eigenvalue weighted by molar-refractivity contribution is -0.138. The van der Waals surface area contributed by atoms with Gasteiger partial charge >= 0.3 is 11.9 Å². The van der Waals surface area contributed by atoms with Crippen molar-refractivity contribution >= 4 is 33.6 Å². The summed E-state index contributed by atoms with van der Waals surface area (Å²) in [4.78, 5) is 22.7. The number of benzene rings is 1. The van der Waals surface area contributed by atoms with Crippen molar-refractivity contribution in [2.45, 2.75) is 6.42 Å². The molecule has 0 bridgehead atoms. The first kappa shape index (κ1) is 12.6. The third-order valence-corrected chi connectivity index (χ3v) is 2.87. The zero-order valence-electron chi connectivity index (χ0n) is 9.53. The molecule has 0 spiro atoms. The molecule has 0 radical (unpaired) electrons. The average Bonchev–Trinajstić information content (AvgIpc) is 2.72. The molecule has 0 saturated heterocycles. The quantitative estimate of drug-likeness (QED) is 0.867. The zero-order valence-corrected chi connectivity index (χ0v) is 11.1. The van der Waals surface area contributed by atoms with Crippen LogP contribution in [0.2, 0.25) is 0 Å². The molecule has 1 aliphatic heterocycles. The number of carbonyl (C=O) groups excluding carboxylic acids is 2. The van der Waals surface area contributed by atoms with E-state index in [1.165, 1.54) is 7.11 Å². The van der Waals surface area contributed by atoms with E-state index in [4.69, 9.17) is 4.74 Å². The Morgan fingerprint density at radius 2 is 2.06 bits per heavy atom. The number of cyclic esters (lactones) is 1. The topological polar surface area (TPSA) is 64.6 Å². The van der Waals surface area contributed by atoms with E-state index in [1.807, 2.05) is 12.1 Å². The molecule has 1 N–H and O–H groups in total. The van der Waals surface area contributed by atoms with Gasteiger partial charge in [0.25, 0.3) is 0 Å². The number of methoxy groups -OCH3 is 1. The van der Waals surface area contributed by atoms with Crippen molar-refractivity contribution in [3.05, 3.63) is 40.2 Å². The second kappa shape index (κ2) is 5.22. The second-order valence-electron chi connectivity index (χ2n) is 3.58. The lowest BCUT2D eigenvalue weighted by atomic mass is 10.2. The fraction of sp³-hybridized carbons (Fsp3) is 0.167. The van der Waals surface area contributed by atoms with Crippen molar-refractivity contribution in [1.82, 2.24) is 0 Å². The SMILES string of the molecule is COC(=O)C1=C(Nc2ccc(Br)cc2)OC(=O)C1. The minimum atomic E-state index is -0.569. The van der Waals surface area contributed by atoms with E-state index in [0.717, 1.165) is 4.47 Å². The maximum atomic E-state index is 11.5. The highest BCUT2D eigenvalue weighted by Crippen LogP contribution is 2.24. The Balaban J connectivity index is 2.22. The second-order valence-corrected chi connectivity index (χ2v) is 4.50. The maximum Gasteiger partial charge on any atom is 0.339 e. The van der Waals surface area contributed by atoms with Gasteiger partial charge in [0.05, 0.1) is 13.5 Å². The summed E-state index contributed by atoms with van der Waals surface area (Å²) in [5, 5.41) is 2.88. The molecule has 2 rings (SSSR count). The van der Waals surface area contributed by atoms with Crippen LogP contribution in [0.5, 0.6) is 0 Å². The van der Waals surface area contributed by atoms with Gasteiger partial charge in [-0.3, -0.25) is 4.79 Å². The van der Waals surface area contributed by atoms with Crippen LogP contribution in [-0.2, 0) is 19.1 Å². The number of nitrogens with one attached hydrogen (secondary N) is 1. The molecule has 6 heteroatoms. The smallest absolute Gasteiger partial charge is 0.339 e. The summed E-state index contributed by atoms with van der Waals surface area (Å²) in [5.74, 6) is -0.912. The maximum absolute atomic E-state index is 11.5. The van der Waals surface area contributed by atoms with Gasteiger partial charge in [-0.05, 0) is 24.3 Å². The van der Waals surface area contributed by atoms with E-state index in [9.17, 15) is 9.59 Å². The highest BCUT2D eigenvalue weighted by atomic mass is 79.9. The van der Waals surface area contributed by atoms with E-state index >= 15 is 0 Å². The summed E-state index contributed by atoms with van der Waals surface area (Å²) >= 11 is 3.31. The van der Waals surface area contributed by atoms with Crippen molar-refractivity contribution in [2.24, 2.45) is 0 Å². The monoisotopic (exact) mass is 311 g/mol. The fourth-order valence-electron chi connectivity index (χ4n) is 1.49. The number of hydrogen-bond donors (Lipinski definition) is 1. The normalized spacial score (nSPS) is 14.4. The molecule has 94 valence electrons. The molecule has 5 nitrogen and oxygen atoms in total. The summed E-state index contributed by atoms with van der Waals surface area (Å²) < 4.78 is 10.5. The van der Waals surface area contributed by atoms with E-state index in [1.54, 1.807) is 12.1 Å². The first-order valence-corrected chi connectivity index (χ1v) is 5.94. The van der Waals surface area contributed by atoms with Gasteiger partial charge in [0, 0.05) is 10.2 Å². The van der Waals surface area contributed by atoms with Crippen molar-refractivity contribution in [3.8, 4) is 0 Å². The number of esters is 2. The number of halogens is 1. The van der Waals surface area contributed by atoms with Crippen LogP contribution in [0.3, 0.4) is 0 Å². The van der Waals surface area contributed by atoms with Gasteiger partial charge < -0.3 is 14.8 Å². The average molecular weight is 312 g/mol. The summed E-state index contributed by atoms with van der Waals surface area (Å²) in [5.41, 5.74) is 0.912. The standard InChI is InChI=1S/C12H10BrNO4/c1-17-12(16)9-6-10(15)18-11(9)14-8-4-2-7(13)3-5-8/h2-5,14H,6H2,1H3. The van der Waals surface area contributed by atoms with Crippen molar-refractivity contribution in [3.63, 3.8) is 0 Å². The largest absolute Gasteiger partial charge is 0.465 e. The number of hydrogen-bond acceptors (Lipinski definition) is 5. The predicted octanol–water partition coefficient (Wildman–Crippen LogP) is 2.19. The Hall–Kier alpha value is -1.82. The Kier molecular flexibility index (Phi) is 3.66. The molecule has 1 aromatic rings. The Bertz CT molecular complexity index is 521. The molecule has 0 saturated carbocycles. The van der Waals surface area contributed by atoms with E-state index < -0.39 is 11.9 Å². The van der Waals surface area contributed by atoms with Gasteiger partial charge in [-0.25, -0.2) is 4.79 Å². The van der Waals surface area contributed by atoms with Crippen LogP contribution < -0.4 is 5.32 Å². The highest BCUT2D eigenvalue weighted by molar-refractivity contribution is 9.10. The lowest BCUT2D eigenvalue weighted by Gasteiger charge is -2.07. The molecule has 1 heterocycles. The van der Waals surface area contributed by atoms with E-state index in [-0.39, 0.29) is 17.9 Å². The molecule has 0 aliphatic carbocycles. The Labute approximate surface area is 112 Å². The molecule has 0 unspecified atom stereocenters. The van der Waals surface area contributed by atoms with Crippen LogP contribution in [-0.4, -0.2) is 19.0 Å². The van der Waals surface area contributed by atoms with E-state index in [2.05, 4.69) is 26.0 Å². The third-order valence-electron chi connectivity index (χ3n) is 2.34. The number of anilines is 1. The molecular weight excluding hydrogens is 302 g/mol.